The number of hydrogen-bond acceptors (Lipinski definition) is 3. The highest BCUT2D eigenvalue weighted by atomic mass is 16.2. The molecule has 2 heterocycles. The van der Waals surface area contributed by atoms with E-state index in [-0.39, 0.29) is 5.91 Å². The summed E-state index contributed by atoms with van der Waals surface area (Å²) in [5.74, 6) is 1.11. The number of rotatable bonds is 0. The molecule has 13 heavy (non-hydrogen) atoms. The van der Waals surface area contributed by atoms with Gasteiger partial charge in [-0.1, -0.05) is 0 Å². The predicted molar refractivity (Wildman–Crippen MR) is 50.5 cm³/mol. The number of nitrogens with zero attached hydrogens (tertiary/aromatic N) is 3. The topological polar surface area (TPSA) is 35.9 Å². The van der Waals surface area contributed by atoms with Gasteiger partial charge in [-0.25, -0.2) is 0 Å². The van der Waals surface area contributed by atoms with Crippen LogP contribution in [0.25, 0.3) is 0 Å². The zero-order chi connectivity index (χ0) is 9.26. The highest BCUT2D eigenvalue weighted by Gasteiger charge is 2.26. The van der Waals surface area contributed by atoms with Crippen LogP contribution in [-0.2, 0) is 4.79 Å². The van der Waals surface area contributed by atoms with Gasteiger partial charge in [-0.05, 0) is 12.8 Å². The van der Waals surface area contributed by atoms with Crippen LogP contribution in [0.4, 0.5) is 0 Å². The molecule has 0 atom stereocenters. The summed E-state index contributed by atoms with van der Waals surface area (Å²) in [5, 5.41) is 0. The molecule has 0 saturated carbocycles. The van der Waals surface area contributed by atoms with Gasteiger partial charge < -0.3 is 4.90 Å². The predicted octanol–water partition coefficient (Wildman–Crippen LogP) is 0.300. The summed E-state index contributed by atoms with van der Waals surface area (Å²) in [6, 6.07) is 0. The van der Waals surface area contributed by atoms with Gasteiger partial charge in [0, 0.05) is 26.6 Å². The number of guanidine groups is 1. The summed E-state index contributed by atoms with van der Waals surface area (Å²) < 4.78 is 0. The van der Waals surface area contributed by atoms with Gasteiger partial charge in [0.15, 0.2) is 0 Å². The number of carbonyl (C=O) groups is 1. The molecule has 0 N–H and O–H groups in total. The first-order chi connectivity index (χ1) is 6.29. The second-order valence-electron chi connectivity index (χ2n) is 3.61. The fourth-order valence-corrected chi connectivity index (χ4v) is 1.83. The van der Waals surface area contributed by atoms with E-state index >= 15 is 0 Å². The van der Waals surface area contributed by atoms with E-state index in [0.29, 0.717) is 6.42 Å². The average molecular weight is 181 g/mol. The third-order valence-electron chi connectivity index (χ3n) is 2.59. The number of amides is 1. The van der Waals surface area contributed by atoms with Crippen molar-refractivity contribution in [2.45, 2.75) is 19.3 Å². The van der Waals surface area contributed by atoms with Gasteiger partial charge in [0.2, 0.25) is 11.9 Å². The number of hydrogen-bond donors (Lipinski definition) is 0. The van der Waals surface area contributed by atoms with Gasteiger partial charge in [-0.2, -0.15) is 0 Å². The number of carbonyl (C=O) groups excluding carboxylic acids is 1. The Morgan fingerprint density at radius 1 is 1.31 bits per heavy atom. The Hall–Kier alpha value is -1.06. The maximum Gasteiger partial charge on any atom is 0.229 e. The minimum atomic E-state index is 0.235. The van der Waals surface area contributed by atoms with Gasteiger partial charge in [-0.15, -0.1) is 0 Å². The van der Waals surface area contributed by atoms with Crippen LogP contribution in [0.1, 0.15) is 19.3 Å². The highest BCUT2D eigenvalue weighted by molar-refractivity contribution is 5.98. The van der Waals surface area contributed by atoms with Crippen LogP contribution in [-0.4, -0.2) is 48.3 Å². The van der Waals surface area contributed by atoms with Crippen molar-refractivity contribution in [1.82, 2.24) is 9.80 Å². The van der Waals surface area contributed by atoms with Crippen LogP contribution >= 0.6 is 0 Å². The molecule has 4 nitrogen and oxygen atoms in total. The minimum absolute atomic E-state index is 0.235. The fraction of sp³-hybridized carbons (Fsp3) is 0.778. The second kappa shape index (κ2) is 3.36. The quantitative estimate of drug-likeness (QED) is 0.539. The summed E-state index contributed by atoms with van der Waals surface area (Å²) in [7, 11) is 1.99. The molecule has 0 spiro atoms. The lowest BCUT2D eigenvalue weighted by Crippen LogP contribution is -2.45. The molecule has 72 valence electrons. The molecule has 0 aromatic rings. The van der Waals surface area contributed by atoms with E-state index in [2.05, 4.69) is 9.89 Å². The number of aliphatic imine (C=N–C) groups is 1. The first-order valence-electron chi connectivity index (χ1n) is 4.85. The molecule has 2 rings (SSSR count). The molecule has 1 saturated heterocycles. The molecule has 1 fully saturated rings. The zero-order valence-corrected chi connectivity index (χ0v) is 7.99. The summed E-state index contributed by atoms with van der Waals surface area (Å²) in [5.41, 5.74) is 0. The van der Waals surface area contributed by atoms with Crippen LogP contribution in [0, 0.1) is 0 Å². The highest BCUT2D eigenvalue weighted by Crippen LogP contribution is 2.14. The lowest BCUT2D eigenvalue weighted by molar-refractivity contribution is -0.129. The maximum atomic E-state index is 11.5. The van der Waals surface area contributed by atoms with Crippen molar-refractivity contribution < 1.29 is 4.79 Å². The normalized spacial score (nSPS) is 23.8. The molecule has 0 radical (unpaired) electrons. The van der Waals surface area contributed by atoms with Crippen LogP contribution in [0.5, 0.6) is 0 Å². The minimum Gasteiger partial charge on any atom is -0.344 e. The molecule has 0 aromatic heterocycles. The van der Waals surface area contributed by atoms with Gasteiger partial charge in [0.1, 0.15) is 0 Å². The molecule has 4 heteroatoms. The monoisotopic (exact) mass is 181 g/mol. The Labute approximate surface area is 78.2 Å². The van der Waals surface area contributed by atoms with Crippen molar-refractivity contribution in [2.24, 2.45) is 4.99 Å². The first-order valence-corrected chi connectivity index (χ1v) is 4.85. The molecule has 0 aromatic carbocycles. The van der Waals surface area contributed by atoms with Gasteiger partial charge in [0.05, 0.1) is 6.54 Å². The van der Waals surface area contributed by atoms with Crippen LogP contribution < -0.4 is 0 Å². The average Bonchev–Trinajstić information content (AvgIpc) is 2.52. The van der Waals surface area contributed by atoms with Gasteiger partial charge in [-0.3, -0.25) is 14.7 Å². The SMILES string of the molecule is CN1CCN=C1N1CCCCC1=O. The molecular formula is C9H15N3O. The Morgan fingerprint density at radius 3 is 2.77 bits per heavy atom. The van der Waals surface area contributed by atoms with E-state index in [1.165, 1.54) is 0 Å². The smallest absolute Gasteiger partial charge is 0.229 e. The largest absolute Gasteiger partial charge is 0.344 e. The van der Waals surface area contributed by atoms with Crippen molar-refractivity contribution in [2.75, 3.05) is 26.7 Å². The van der Waals surface area contributed by atoms with Crippen LogP contribution in [0.15, 0.2) is 4.99 Å². The molecule has 2 aliphatic heterocycles. The summed E-state index contributed by atoms with van der Waals surface area (Å²) in [6.07, 6.45) is 2.83. The Kier molecular flexibility index (Phi) is 2.20. The third kappa shape index (κ3) is 1.53. The van der Waals surface area contributed by atoms with E-state index in [0.717, 1.165) is 38.4 Å². The number of likely N-dealkylation sites (N-methyl/N-ethyl adjacent to an activating group) is 1. The summed E-state index contributed by atoms with van der Waals surface area (Å²) in [4.78, 5) is 19.8. The summed E-state index contributed by atoms with van der Waals surface area (Å²) in [6.45, 7) is 2.62. The third-order valence-corrected chi connectivity index (χ3v) is 2.59. The number of piperidine rings is 1. The van der Waals surface area contributed by atoms with Crippen LogP contribution in [0.2, 0.25) is 0 Å². The fourth-order valence-electron chi connectivity index (χ4n) is 1.83. The van der Waals surface area contributed by atoms with E-state index in [1.54, 1.807) is 0 Å². The molecule has 0 unspecified atom stereocenters. The Balaban J connectivity index is 2.10. The van der Waals surface area contributed by atoms with Crippen molar-refractivity contribution in [3.8, 4) is 0 Å². The lowest BCUT2D eigenvalue weighted by Gasteiger charge is -2.29. The maximum absolute atomic E-state index is 11.5. The van der Waals surface area contributed by atoms with Crippen molar-refractivity contribution in [1.29, 1.82) is 0 Å². The first kappa shape index (κ1) is 8.53. The second-order valence-corrected chi connectivity index (χ2v) is 3.61. The van der Waals surface area contributed by atoms with Gasteiger partial charge in [0.25, 0.3) is 0 Å². The number of likely N-dealkylation sites (tertiary alicyclic amines) is 1. The van der Waals surface area contributed by atoms with E-state index in [9.17, 15) is 4.79 Å². The molecular weight excluding hydrogens is 166 g/mol. The standard InChI is InChI=1S/C9H15N3O/c1-11-7-5-10-9(11)12-6-3-2-4-8(12)13/h2-7H2,1H3. The summed E-state index contributed by atoms with van der Waals surface area (Å²) >= 11 is 0. The van der Waals surface area contributed by atoms with Gasteiger partial charge >= 0.3 is 0 Å². The molecule has 2 aliphatic rings. The van der Waals surface area contributed by atoms with Crippen molar-refractivity contribution >= 4 is 11.9 Å². The zero-order valence-electron chi connectivity index (χ0n) is 7.99. The van der Waals surface area contributed by atoms with E-state index in [4.69, 9.17) is 0 Å². The van der Waals surface area contributed by atoms with E-state index in [1.807, 2.05) is 11.9 Å². The van der Waals surface area contributed by atoms with E-state index < -0.39 is 0 Å². The molecule has 0 aliphatic carbocycles. The molecule has 0 bridgehead atoms. The molecule has 1 amide bonds. The Bertz CT molecular complexity index is 249. The lowest BCUT2D eigenvalue weighted by atomic mass is 10.1. The van der Waals surface area contributed by atoms with Crippen LogP contribution in [0.3, 0.4) is 0 Å². The Morgan fingerprint density at radius 2 is 2.15 bits per heavy atom. The van der Waals surface area contributed by atoms with Crippen molar-refractivity contribution in [3.05, 3.63) is 0 Å². The van der Waals surface area contributed by atoms with Crippen molar-refractivity contribution in [3.63, 3.8) is 0 Å².